The molecule has 0 aromatic heterocycles. The second-order valence-electron chi connectivity index (χ2n) is 6.38. The summed E-state index contributed by atoms with van der Waals surface area (Å²) < 4.78 is 5.58. The molecule has 1 unspecified atom stereocenters. The Morgan fingerprint density at radius 1 is 1.13 bits per heavy atom. The molecule has 5 heteroatoms. The van der Waals surface area contributed by atoms with Gasteiger partial charge in [-0.3, -0.25) is 14.5 Å². The zero-order valence-corrected chi connectivity index (χ0v) is 14.0. The average molecular weight is 319 g/mol. The van der Waals surface area contributed by atoms with Crippen LogP contribution in [0.5, 0.6) is 5.75 Å². The number of benzene rings is 1. The maximum Gasteiger partial charge on any atom is 0.306 e. The molecule has 23 heavy (non-hydrogen) atoms. The van der Waals surface area contributed by atoms with Gasteiger partial charge in [0.1, 0.15) is 5.75 Å². The number of piperidine rings is 1. The Kier molecular flexibility index (Phi) is 5.77. The minimum Gasteiger partial charge on any atom is -0.491 e. The first kappa shape index (κ1) is 17.5. The molecule has 126 valence electrons. The van der Waals surface area contributed by atoms with Crippen molar-refractivity contribution in [3.05, 3.63) is 29.8 Å². The number of aliphatic carboxylic acids is 1. The quantitative estimate of drug-likeness (QED) is 0.817. The molecular formula is C18H25NO4. The van der Waals surface area contributed by atoms with Crippen LogP contribution in [0, 0.1) is 5.92 Å². The van der Waals surface area contributed by atoms with Crippen molar-refractivity contribution in [2.75, 3.05) is 13.1 Å². The number of carboxylic acids is 1. The van der Waals surface area contributed by atoms with E-state index < -0.39 is 5.97 Å². The highest BCUT2D eigenvalue weighted by Gasteiger charge is 2.29. The third-order valence-corrected chi connectivity index (χ3v) is 4.32. The summed E-state index contributed by atoms with van der Waals surface area (Å²) in [5, 5.41) is 9.04. The number of carboxylic acid groups (broad SMARTS) is 1. The lowest BCUT2D eigenvalue weighted by Gasteiger charge is -2.33. The van der Waals surface area contributed by atoms with Gasteiger partial charge >= 0.3 is 5.97 Å². The number of nitrogens with zero attached hydrogens (tertiary/aromatic N) is 1. The molecule has 0 spiro atoms. The molecule has 1 aliphatic heterocycles. The highest BCUT2D eigenvalue weighted by Crippen LogP contribution is 2.21. The minimum atomic E-state index is -0.732. The topological polar surface area (TPSA) is 66.8 Å². The SMILES string of the molecule is CC(C)Oc1ccc(C(=O)C(C)N2CCC(C(=O)O)CC2)cc1. The second kappa shape index (κ2) is 7.59. The first-order valence-electron chi connectivity index (χ1n) is 8.16. The Morgan fingerprint density at radius 2 is 1.70 bits per heavy atom. The number of Topliss-reactive ketones (excluding diaryl/α,β-unsaturated/α-hetero) is 1. The third kappa shape index (κ3) is 4.55. The molecule has 1 fully saturated rings. The first-order chi connectivity index (χ1) is 10.9. The zero-order chi connectivity index (χ0) is 17.0. The summed E-state index contributed by atoms with van der Waals surface area (Å²) in [5.41, 5.74) is 0.661. The predicted octanol–water partition coefficient (Wildman–Crippen LogP) is 2.84. The van der Waals surface area contributed by atoms with Gasteiger partial charge in [-0.05, 0) is 71.0 Å². The molecule has 1 aliphatic rings. The summed E-state index contributed by atoms with van der Waals surface area (Å²) in [6.07, 6.45) is 1.31. The molecule has 1 atom stereocenters. The lowest BCUT2D eigenvalue weighted by molar-refractivity contribution is -0.143. The number of likely N-dealkylation sites (tertiary alicyclic amines) is 1. The summed E-state index contributed by atoms with van der Waals surface area (Å²) in [5.74, 6) is -0.188. The van der Waals surface area contributed by atoms with E-state index in [4.69, 9.17) is 9.84 Å². The van der Waals surface area contributed by atoms with E-state index in [1.807, 2.05) is 32.9 Å². The first-order valence-corrected chi connectivity index (χ1v) is 8.16. The standard InChI is InChI=1S/C18H25NO4/c1-12(2)23-16-6-4-14(5-7-16)17(20)13(3)19-10-8-15(9-11-19)18(21)22/h4-7,12-13,15H,8-11H2,1-3H3,(H,21,22). The molecule has 1 aromatic rings. The van der Waals surface area contributed by atoms with Crippen LogP contribution in [0.25, 0.3) is 0 Å². The summed E-state index contributed by atoms with van der Waals surface area (Å²) >= 11 is 0. The molecule has 0 saturated carbocycles. The van der Waals surface area contributed by atoms with E-state index in [0.29, 0.717) is 31.5 Å². The van der Waals surface area contributed by atoms with Crippen LogP contribution in [0.4, 0.5) is 0 Å². The van der Waals surface area contributed by atoms with Crippen molar-refractivity contribution in [3.63, 3.8) is 0 Å². The maximum absolute atomic E-state index is 12.6. The van der Waals surface area contributed by atoms with E-state index in [9.17, 15) is 9.59 Å². The molecule has 1 aromatic carbocycles. The zero-order valence-electron chi connectivity index (χ0n) is 14.0. The van der Waals surface area contributed by atoms with Crippen LogP contribution >= 0.6 is 0 Å². The van der Waals surface area contributed by atoms with Crippen LogP contribution in [0.2, 0.25) is 0 Å². The number of ketones is 1. The van der Waals surface area contributed by atoms with Crippen molar-refractivity contribution < 1.29 is 19.4 Å². The highest BCUT2D eigenvalue weighted by atomic mass is 16.5. The lowest BCUT2D eigenvalue weighted by atomic mass is 9.94. The third-order valence-electron chi connectivity index (χ3n) is 4.32. The van der Waals surface area contributed by atoms with Gasteiger partial charge in [0.2, 0.25) is 0 Å². The average Bonchev–Trinajstić information content (AvgIpc) is 2.53. The van der Waals surface area contributed by atoms with Gasteiger partial charge in [0.15, 0.2) is 5.78 Å². The van der Waals surface area contributed by atoms with Crippen LogP contribution in [-0.2, 0) is 4.79 Å². The fraction of sp³-hybridized carbons (Fsp3) is 0.556. The van der Waals surface area contributed by atoms with Gasteiger partial charge < -0.3 is 9.84 Å². The van der Waals surface area contributed by atoms with E-state index in [0.717, 1.165) is 5.75 Å². The Morgan fingerprint density at radius 3 is 2.17 bits per heavy atom. The molecule has 1 N–H and O–H groups in total. The van der Waals surface area contributed by atoms with E-state index >= 15 is 0 Å². The minimum absolute atomic E-state index is 0.0647. The smallest absolute Gasteiger partial charge is 0.306 e. The van der Waals surface area contributed by atoms with E-state index in [2.05, 4.69) is 4.90 Å². The molecule has 0 bridgehead atoms. The van der Waals surface area contributed by atoms with Crippen LogP contribution in [0.15, 0.2) is 24.3 Å². The summed E-state index contributed by atoms with van der Waals surface area (Å²) in [6.45, 7) is 7.11. The normalized spacial score (nSPS) is 17.9. The number of hydrogen-bond acceptors (Lipinski definition) is 4. The van der Waals surface area contributed by atoms with Gasteiger partial charge in [-0.1, -0.05) is 0 Å². The number of hydrogen-bond donors (Lipinski definition) is 1. The highest BCUT2D eigenvalue weighted by molar-refractivity contribution is 5.99. The van der Waals surface area contributed by atoms with Crippen LogP contribution in [0.1, 0.15) is 44.0 Å². The number of carbonyl (C=O) groups is 2. The van der Waals surface area contributed by atoms with Gasteiger partial charge in [-0.2, -0.15) is 0 Å². The molecule has 0 aliphatic carbocycles. The fourth-order valence-electron chi connectivity index (χ4n) is 2.91. The Bertz CT molecular complexity index is 545. The van der Waals surface area contributed by atoms with Crippen molar-refractivity contribution in [3.8, 4) is 5.75 Å². The fourth-order valence-corrected chi connectivity index (χ4v) is 2.91. The van der Waals surface area contributed by atoms with Gasteiger partial charge in [-0.25, -0.2) is 0 Å². The number of ether oxygens (including phenoxy) is 1. The van der Waals surface area contributed by atoms with Crippen LogP contribution < -0.4 is 4.74 Å². The van der Waals surface area contributed by atoms with E-state index in [1.165, 1.54) is 0 Å². The largest absolute Gasteiger partial charge is 0.491 e. The monoisotopic (exact) mass is 319 g/mol. The predicted molar refractivity (Wildman–Crippen MR) is 87.9 cm³/mol. The van der Waals surface area contributed by atoms with Crippen molar-refractivity contribution in [2.45, 2.75) is 45.8 Å². The Balaban J connectivity index is 1.96. The molecule has 1 heterocycles. The van der Waals surface area contributed by atoms with Gasteiger partial charge in [-0.15, -0.1) is 0 Å². The lowest BCUT2D eigenvalue weighted by Crippen LogP contribution is -2.45. The van der Waals surface area contributed by atoms with Crippen LogP contribution in [-0.4, -0.2) is 47.0 Å². The van der Waals surface area contributed by atoms with E-state index in [1.54, 1.807) is 12.1 Å². The number of carbonyl (C=O) groups excluding carboxylic acids is 1. The Hall–Kier alpha value is -1.88. The van der Waals surface area contributed by atoms with Crippen molar-refractivity contribution in [1.29, 1.82) is 0 Å². The molecule has 0 amide bonds. The molecular weight excluding hydrogens is 294 g/mol. The Labute approximate surface area is 137 Å². The molecule has 2 rings (SSSR count). The van der Waals surface area contributed by atoms with Crippen molar-refractivity contribution in [1.82, 2.24) is 4.90 Å². The summed E-state index contributed by atoms with van der Waals surface area (Å²) in [7, 11) is 0. The maximum atomic E-state index is 12.6. The molecule has 0 radical (unpaired) electrons. The summed E-state index contributed by atoms with van der Waals surface area (Å²) in [6, 6.07) is 6.98. The molecule has 5 nitrogen and oxygen atoms in total. The van der Waals surface area contributed by atoms with Crippen molar-refractivity contribution in [2.24, 2.45) is 5.92 Å². The molecule has 1 saturated heterocycles. The van der Waals surface area contributed by atoms with E-state index in [-0.39, 0.29) is 23.8 Å². The second-order valence-corrected chi connectivity index (χ2v) is 6.38. The van der Waals surface area contributed by atoms with Crippen molar-refractivity contribution >= 4 is 11.8 Å². The van der Waals surface area contributed by atoms with Gasteiger partial charge in [0.25, 0.3) is 0 Å². The van der Waals surface area contributed by atoms with Gasteiger partial charge in [0, 0.05) is 5.56 Å². The van der Waals surface area contributed by atoms with Crippen LogP contribution in [0.3, 0.4) is 0 Å². The number of rotatable bonds is 6. The summed E-state index contributed by atoms with van der Waals surface area (Å²) in [4.78, 5) is 25.7. The van der Waals surface area contributed by atoms with Gasteiger partial charge in [0.05, 0.1) is 18.1 Å².